The van der Waals surface area contributed by atoms with Gasteiger partial charge in [-0.3, -0.25) is 4.79 Å². The molecule has 4 nitrogen and oxygen atoms in total. The lowest BCUT2D eigenvalue weighted by Gasteiger charge is -2.49. The summed E-state index contributed by atoms with van der Waals surface area (Å²) in [6, 6.07) is 8.09. The first-order chi connectivity index (χ1) is 12.9. The van der Waals surface area contributed by atoms with Crippen LogP contribution in [0.3, 0.4) is 0 Å². The molecule has 27 heavy (non-hydrogen) atoms. The molecule has 0 spiro atoms. The summed E-state index contributed by atoms with van der Waals surface area (Å²) in [5.74, 6) is -0.423. The minimum atomic E-state index is -1.21. The minimum absolute atomic E-state index is 0.0349. The zero-order chi connectivity index (χ0) is 19.3. The Hall–Kier alpha value is -1.37. The van der Waals surface area contributed by atoms with Crippen LogP contribution in [0.5, 0.6) is 0 Å². The number of nitrogens with one attached hydrogen (secondary N) is 1. The molecule has 3 aliphatic rings. The number of allylic oxidation sites excluding steroid dienone is 1. The largest absolute Gasteiger partial charge is 0.392 e. The molecule has 2 N–H and O–H groups in total. The van der Waals surface area contributed by atoms with Crippen molar-refractivity contribution >= 4 is 17.7 Å². The lowest BCUT2D eigenvalue weighted by Crippen LogP contribution is -2.63. The quantitative estimate of drug-likeness (QED) is 0.833. The minimum Gasteiger partial charge on any atom is -0.392 e. The van der Waals surface area contributed by atoms with Crippen LogP contribution in [-0.2, 0) is 4.79 Å². The van der Waals surface area contributed by atoms with Gasteiger partial charge in [0.25, 0.3) is 0 Å². The molecule has 6 heteroatoms. The average molecular weight is 391 g/mol. The van der Waals surface area contributed by atoms with Crippen molar-refractivity contribution in [2.24, 2.45) is 11.8 Å². The van der Waals surface area contributed by atoms with Crippen LogP contribution in [0.15, 0.2) is 35.7 Å². The highest BCUT2D eigenvalue weighted by Crippen LogP contribution is 2.50. The van der Waals surface area contributed by atoms with Crippen molar-refractivity contribution in [3.05, 3.63) is 46.9 Å². The van der Waals surface area contributed by atoms with E-state index in [9.17, 15) is 14.3 Å². The van der Waals surface area contributed by atoms with E-state index in [2.05, 4.69) is 41.4 Å². The van der Waals surface area contributed by atoms with Gasteiger partial charge in [0.2, 0.25) is 5.91 Å². The predicted molar refractivity (Wildman–Crippen MR) is 106 cm³/mol. The molecule has 1 saturated carbocycles. The molecule has 8 unspecified atom stereocenters. The fourth-order valence-corrected chi connectivity index (χ4v) is 5.96. The number of hydrogen-bond acceptors (Lipinski definition) is 4. The second kappa shape index (κ2) is 7.22. The van der Waals surface area contributed by atoms with Crippen molar-refractivity contribution < 1.29 is 14.3 Å². The first kappa shape index (κ1) is 19.0. The van der Waals surface area contributed by atoms with E-state index in [4.69, 9.17) is 0 Å². The van der Waals surface area contributed by atoms with E-state index in [1.54, 1.807) is 0 Å². The number of halogens is 1. The van der Waals surface area contributed by atoms with E-state index >= 15 is 0 Å². The standard InChI is InChI=1S/C21H27FN2O2S/c1-11(24(2)3)12-4-6-13(7-5-12)17-16(25)10-15(22)19-18(17)14-8-9-27-20(14)21(26)23-19/h4-9,11,14-20,25H,10H2,1-3H3,(H,23,26). The van der Waals surface area contributed by atoms with Crippen molar-refractivity contribution in [2.75, 3.05) is 14.1 Å². The number of fused-ring (bicyclic) bond motifs is 3. The zero-order valence-electron chi connectivity index (χ0n) is 15.9. The van der Waals surface area contributed by atoms with Gasteiger partial charge in [-0.15, -0.1) is 11.8 Å². The summed E-state index contributed by atoms with van der Waals surface area (Å²) in [6.45, 7) is 2.15. The van der Waals surface area contributed by atoms with E-state index in [1.165, 1.54) is 17.3 Å². The van der Waals surface area contributed by atoms with Crippen molar-refractivity contribution in [1.82, 2.24) is 10.2 Å². The Morgan fingerprint density at radius 1 is 1.30 bits per heavy atom. The molecule has 2 heterocycles. The number of carbonyl (C=O) groups is 1. The topological polar surface area (TPSA) is 52.6 Å². The van der Waals surface area contributed by atoms with E-state index < -0.39 is 18.3 Å². The molecule has 4 rings (SSSR count). The van der Waals surface area contributed by atoms with E-state index in [-0.39, 0.29) is 35.3 Å². The molecule has 0 bridgehead atoms. The number of nitrogens with zero attached hydrogens (tertiary/aromatic N) is 1. The van der Waals surface area contributed by atoms with Crippen LogP contribution in [-0.4, -0.2) is 53.6 Å². The second-order valence-corrected chi connectivity index (χ2v) is 9.28. The highest BCUT2D eigenvalue weighted by Gasteiger charge is 2.55. The number of aliphatic hydroxyl groups is 1. The van der Waals surface area contributed by atoms with Crippen molar-refractivity contribution in [2.45, 2.75) is 48.9 Å². The van der Waals surface area contributed by atoms with Crippen LogP contribution < -0.4 is 5.32 Å². The maximum atomic E-state index is 14.7. The smallest absolute Gasteiger partial charge is 0.234 e. The lowest BCUT2D eigenvalue weighted by atomic mass is 9.62. The molecular formula is C21H27FN2O2S. The van der Waals surface area contributed by atoms with Gasteiger partial charge in [0, 0.05) is 24.3 Å². The third-order valence-corrected chi connectivity index (χ3v) is 7.70. The summed E-state index contributed by atoms with van der Waals surface area (Å²) < 4.78 is 14.7. The maximum Gasteiger partial charge on any atom is 0.234 e. The summed E-state index contributed by atoms with van der Waals surface area (Å²) in [6.07, 6.45) is 0.147. The first-order valence-electron chi connectivity index (χ1n) is 9.59. The Morgan fingerprint density at radius 2 is 2.00 bits per heavy atom. The number of piperidine rings is 1. The maximum absolute atomic E-state index is 14.7. The molecule has 1 aliphatic carbocycles. The number of alkyl halides is 1. The monoisotopic (exact) mass is 390 g/mol. The molecule has 0 radical (unpaired) electrons. The summed E-state index contributed by atoms with van der Waals surface area (Å²) in [5, 5.41) is 15.4. The van der Waals surface area contributed by atoms with Crippen LogP contribution in [0.2, 0.25) is 0 Å². The third-order valence-electron chi connectivity index (χ3n) is 6.57. The number of hydrogen-bond donors (Lipinski definition) is 2. The Kier molecular flexibility index (Phi) is 5.08. The lowest BCUT2D eigenvalue weighted by molar-refractivity contribution is -0.129. The van der Waals surface area contributed by atoms with E-state index in [0.29, 0.717) is 6.04 Å². The number of thioether (sulfide) groups is 1. The fraction of sp³-hybridized carbons (Fsp3) is 0.571. The van der Waals surface area contributed by atoms with Crippen LogP contribution in [0.1, 0.15) is 36.4 Å². The van der Waals surface area contributed by atoms with E-state index in [0.717, 1.165) is 5.56 Å². The van der Waals surface area contributed by atoms with Crippen molar-refractivity contribution in [3.63, 3.8) is 0 Å². The summed E-state index contributed by atoms with van der Waals surface area (Å²) in [4.78, 5) is 14.5. The summed E-state index contributed by atoms with van der Waals surface area (Å²) in [7, 11) is 4.09. The number of aliphatic hydroxyl groups excluding tert-OH is 1. The Labute approximate surface area is 164 Å². The Balaban J connectivity index is 1.68. The molecule has 2 aliphatic heterocycles. The zero-order valence-corrected chi connectivity index (χ0v) is 16.7. The Bertz CT molecular complexity index is 738. The highest BCUT2D eigenvalue weighted by molar-refractivity contribution is 8.03. The third kappa shape index (κ3) is 3.22. The van der Waals surface area contributed by atoms with Gasteiger partial charge in [-0.1, -0.05) is 30.3 Å². The summed E-state index contributed by atoms with van der Waals surface area (Å²) >= 11 is 1.50. The van der Waals surface area contributed by atoms with Crippen molar-refractivity contribution in [1.29, 1.82) is 0 Å². The molecule has 0 aromatic heterocycles. The molecule has 2 fully saturated rings. The number of carbonyl (C=O) groups excluding carboxylic acids is 1. The van der Waals surface area contributed by atoms with E-state index in [1.807, 2.05) is 25.6 Å². The van der Waals surface area contributed by atoms with Gasteiger partial charge < -0.3 is 15.3 Å². The first-order valence-corrected chi connectivity index (χ1v) is 10.5. The average Bonchev–Trinajstić information content (AvgIpc) is 3.13. The normalized spacial score (nSPS) is 39.0. The van der Waals surface area contributed by atoms with Gasteiger partial charge in [-0.2, -0.15) is 0 Å². The summed E-state index contributed by atoms with van der Waals surface area (Å²) in [5.41, 5.74) is 2.24. The second-order valence-electron chi connectivity index (χ2n) is 8.23. The van der Waals surface area contributed by atoms with Crippen LogP contribution in [0.25, 0.3) is 0 Å². The SMILES string of the molecule is CC(c1ccc(C2C(O)CC(F)C3NC(=O)C4SC=CC4C32)cc1)N(C)C. The fourth-order valence-electron chi connectivity index (χ4n) is 4.88. The molecule has 8 atom stereocenters. The molecule has 1 aromatic rings. The van der Waals surface area contributed by atoms with Gasteiger partial charge in [0.15, 0.2) is 0 Å². The van der Waals surface area contributed by atoms with Crippen LogP contribution in [0, 0.1) is 11.8 Å². The molecule has 1 saturated heterocycles. The van der Waals surface area contributed by atoms with Crippen LogP contribution in [0.4, 0.5) is 4.39 Å². The highest BCUT2D eigenvalue weighted by atomic mass is 32.2. The molecule has 146 valence electrons. The van der Waals surface area contributed by atoms with Gasteiger partial charge in [-0.25, -0.2) is 4.39 Å². The van der Waals surface area contributed by atoms with Gasteiger partial charge in [-0.05, 0) is 43.5 Å². The molecule has 1 aromatic carbocycles. The van der Waals surface area contributed by atoms with Gasteiger partial charge >= 0.3 is 0 Å². The number of benzene rings is 1. The van der Waals surface area contributed by atoms with Crippen molar-refractivity contribution in [3.8, 4) is 0 Å². The predicted octanol–water partition coefficient (Wildman–Crippen LogP) is 2.86. The van der Waals surface area contributed by atoms with Crippen LogP contribution >= 0.6 is 11.8 Å². The van der Waals surface area contributed by atoms with Gasteiger partial charge in [0.1, 0.15) is 6.17 Å². The molecular weight excluding hydrogens is 363 g/mol. The number of amides is 1. The molecule has 1 amide bonds. The van der Waals surface area contributed by atoms with Gasteiger partial charge in [0.05, 0.1) is 17.4 Å². The number of rotatable bonds is 3. The Morgan fingerprint density at radius 3 is 2.67 bits per heavy atom.